The summed E-state index contributed by atoms with van der Waals surface area (Å²) in [4.78, 5) is 0. The molecule has 138 valence electrons. The van der Waals surface area contributed by atoms with Crippen molar-refractivity contribution < 1.29 is 18.3 Å². The maximum absolute atomic E-state index is 12.8. The van der Waals surface area contributed by atoms with Crippen LogP contribution in [-0.4, -0.2) is 18.3 Å². The maximum atomic E-state index is 12.8. The summed E-state index contributed by atoms with van der Waals surface area (Å²) < 4.78 is 38.3. The molecule has 0 aliphatic rings. The van der Waals surface area contributed by atoms with Crippen LogP contribution < -0.4 is 5.32 Å². The number of halogens is 3. The molecule has 2 N–H and O–H groups in total. The molecule has 1 aromatic rings. The van der Waals surface area contributed by atoms with E-state index < -0.39 is 17.8 Å². The van der Waals surface area contributed by atoms with Crippen LogP contribution in [0.15, 0.2) is 24.3 Å². The van der Waals surface area contributed by atoms with E-state index in [1.165, 1.54) is 44.6 Å². The van der Waals surface area contributed by atoms with E-state index >= 15 is 0 Å². The fraction of sp³-hybridized carbons (Fsp3) is 0.684. The summed E-state index contributed by atoms with van der Waals surface area (Å²) in [5.74, 6) is 0. The van der Waals surface area contributed by atoms with E-state index in [2.05, 4.69) is 12.2 Å². The van der Waals surface area contributed by atoms with Gasteiger partial charge >= 0.3 is 6.18 Å². The summed E-state index contributed by atoms with van der Waals surface area (Å²) in [6.07, 6.45) is 5.31. The van der Waals surface area contributed by atoms with E-state index in [-0.39, 0.29) is 6.61 Å². The van der Waals surface area contributed by atoms with Crippen molar-refractivity contribution in [3.05, 3.63) is 35.4 Å². The highest BCUT2D eigenvalue weighted by molar-refractivity contribution is 5.28. The number of hydrogen-bond donors (Lipinski definition) is 2. The largest absolute Gasteiger partial charge is 0.416 e. The quantitative estimate of drug-likeness (QED) is 0.492. The lowest BCUT2D eigenvalue weighted by Crippen LogP contribution is -2.25. The van der Waals surface area contributed by atoms with Gasteiger partial charge in [-0.2, -0.15) is 13.2 Å². The first-order valence-corrected chi connectivity index (χ1v) is 9.00. The molecule has 1 aromatic carbocycles. The summed E-state index contributed by atoms with van der Waals surface area (Å²) in [6, 6.07) is 4.73. The lowest BCUT2D eigenvalue weighted by Gasteiger charge is -2.18. The predicted octanol–water partition coefficient (Wildman–Crippen LogP) is 5.47. The Hall–Kier alpha value is -1.07. The highest BCUT2D eigenvalue weighted by atomic mass is 19.4. The fourth-order valence-corrected chi connectivity index (χ4v) is 2.75. The molecule has 0 saturated carbocycles. The SMILES string of the molecule is CCCCCCCCCCNC(CO)c1cccc(C(F)(F)F)c1. The minimum atomic E-state index is -4.35. The Bertz CT molecular complexity index is 448. The Morgan fingerprint density at radius 3 is 2.21 bits per heavy atom. The zero-order valence-electron chi connectivity index (χ0n) is 14.5. The molecular formula is C19H30F3NO. The average Bonchev–Trinajstić information content (AvgIpc) is 2.56. The molecule has 0 aliphatic heterocycles. The number of rotatable bonds is 12. The van der Waals surface area contributed by atoms with Crippen LogP contribution in [0, 0.1) is 0 Å². The Morgan fingerprint density at radius 2 is 1.62 bits per heavy atom. The van der Waals surface area contributed by atoms with Gasteiger partial charge in [-0.25, -0.2) is 0 Å². The van der Waals surface area contributed by atoms with Gasteiger partial charge in [-0.15, -0.1) is 0 Å². The molecule has 2 nitrogen and oxygen atoms in total. The minimum Gasteiger partial charge on any atom is -0.394 e. The van der Waals surface area contributed by atoms with Crippen LogP contribution in [0.3, 0.4) is 0 Å². The van der Waals surface area contributed by atoms with Crippen molar-refractivity contribution in [2.45, 2.75) is 70.5 Å². The van der Waals surface area contributed by atoms with Crippen LogP contribution in [0.4, 0.5) is 13.2 Å². The van der Waals surface area contributed by atoms with Gasteiger partial charge in [0.25, 0.3) is 0 Å². The standard InChI is InChI=1S/C19H30F3NO/c1-2-3-4-5-6-7-8-9-13-23-18(15-24)16-11-10-12-17(14-16)19(20,21)22/h10-12,14,18,23-24H,2-9,13,15H2,1H3. The highest BCUT2D eigenvalue weighted by Crippen LogP contribution is 2.30. The molecule has 0 fully saturated rings. The molecule has 0 heterocycles. The summed E-state index contributed by atoms with van der Waals surface area (Å²) in [5.41, 5.74) is -0.195. The molecule has 0 aromatic heterocycles. The lowest BCUT2D eigenvalue weighted by atomic mass is 10.0. The third-order valence-corrected chi connectivity index (χ3v) is 4.22. The second kappa shape index (κ2) is 11.5. The van der Waals surface area contributed by atoms with Crippen LogP contribution in [0.5, 0.6) is 0 Å². The third-order valence-electron chi connectivity index (χ3n) is 4.22. The van der Waals surface area contributed by atoms with Crippen LogP contribution in [0.2, 0.25) is 0 Å². The number of aliphatic hydroxyl groups excluding tert-OH is 1. The van der Waals surface area contributed by atoms with Gasteiger partial charge in [0.15, 0.2) is 0 Å². The zero-order chi connectivity index (χ0) is 17.8. The zero-order valence-corrected chi connectivity index (χ0v) is 14.5. The number of alkyl halides is 3. The first-order chi connectivity index (χ1) is 11.5. The molecule has 5 heteroatoms. The third kappa shape index (κ3) is 8.15. The van der Waals surface area contributed by atoms with E-state index in [1.54, 1.807) is 6.07 Å². The molecule has 1 rings (SSSR count). The summed E-state index contributed by atoms with van der Waals surface area (Å²) >= 11 is 0. The molecule has 24 heavy (non-hydrogen) atoms. The van der Waals surface area contributed by atoms with Crippen molar-refractivity contribution in [1.82, 2.24) is 5.32 Å². The van der Waals surface area contributed by atoms with Crippen molar-refractivity contribution in [2.75, 3.05) is 13.2 Å². The van der Waals surface area contributed by atoms with Crippen molar-refractivity contribution in [3.63, 3.8) is 0 Å². The molecule has 0 saturated heterocycles. The van der Waals surface area contributed by atoms with E-state index in [1.807, 2.05) is 0 Å². The van der Waals surface area contributed by atoms with Gasteiger partial charge in [-0.3, -0.25) is 0 Å². The fourth-order valence-electron chi connectivity index (χ4n) is 2.75. The molecule has 0 spiro atoms. The van der Waals surface area contributed by atoms with Gasteiger partial charge < -0.3 is 10.4 Å². The lowest BCUT2D eigenvalue weighted by molar-refractivity contribution is -0.137. The number of benzene rings is 1. The highest BCUT2D eigenvalue weighted by Gasteiger charge is 2.30. The van der Waals surface area contributed by atoms with Crippen LogP contribution in [0.25, 0.3) is 0 Å². The number of aliphatic hydroxyl groups is 1. The van der Waals surface area contributed by atoms with Crippen molar-refractivity contribution in [2.24, 2.45) is 0 Å². The molecule has 1 unspecified atom stereocenters. The Balaban J connectivity index is 2.30. The second-order valence-corrected chi connectivity index (χ2v) is 6.29. The average molecular weight is 345 g/mol. The maximum Gasteiger partial charge on any atom is 0.416 e. The molecule has 0 radical (unpaired) electrons. The number of hydrogen-bond acceptors (Lipinski definition) is 2. The van der Waals surface area contributed by atoms with Crippen LogP contribution in [0.1, 0.15) is 75.5 Å². The summed E-state index contributed by atoms with van der Waals surface area (Å²) in [6.45, 7) is 2.70. The summed E-state index contributed by atoms with van der Waals surface area (Å²) in [5, 5.41) is 12.6. The Kier molecular flexibility index (Phi) is 10.0. The topological polar surface area (TPSA) is 32.3 Å². The van der Waals surface area contributed by atoms with Gasteiger partial charge in [0.1, 0.15) is 0 Å². The van der Waals surface area contributed by atoms with Gasteiger partial charge in [-0.05, 0) is 30.7 Å². The van der Waals surface area contributed by atoms with Gasteiger partial charge in [0.05, 0.1) is 18.2 Å². The molecule has 0 aliphatic carbocycles. The van der Waals surface area contributed by atoms with E-state index in [4.69, 9.17) is 0 Å². The normalized spacial score (nSPS) is 13.2. The molecule has 0 bridgehead atoms. The predicted molar refractivity (Wildman–Crippen MR) is 91.9 cm³/mol. The van der Waals surface area contributed by atoms with Crippen molar-refractivity contribution in [3.8, 4) is 0 Å². The van der Waals surface area contributed by atoms with E-state index in [0.717, 1.165) is 25.0 Å². The van der Waals surface area contributed by atoms with Crippen molar-refractivity contribution in [1.29, 1.82) is 0 Å². The first kappa shape index (κ1) is 21.0. The van der Waals surface area contributed by atoms with E-state index in [9.17, 15) is 18.3 Å². The summed E-state index contributed by atoms with van der Waals surface area (Å²) in [7, 11) is 0. The van der Waals surface area contributed by atoms with Crippen LogP contribution in [-0.2, 0) is 6.18 Å². The molecule has 0 amide bonds. The van der Waals surface area contributed by atoms with Crippen LogP contribution >= 0.6 is 0 Å². The molecule has 1 atom stereocenters. The minimum absolute atomic E-state index is 0.210. The van der Waals surface area contributed by atoms with Gasteiger partial charge in [0.2, 0.25) is 0 Å². The monoisotopic (exact) mass is 345 g/mol. The van der Waals surface area contributed by atoms with Gasteiger partial charge in [-0.1, -0.05) is 64.0 Å². The Labute approximate surface area is 143 Å². The first-order valence-electron chi connectivity index (χ1n) is 9.00. The van der Waals surface area contributed by atoms with Crippen molar-refractivity contribution >= 4 is 0 Å². The number of unbranched alkanes of at least 4 members (excludes halogenated alkanes) is 7. The Morgan fingerprint density at radius 1 is 1.00 bits per heavy atom. The van der Waals surface area contributed by atoms with Gasteiger partial charge in [0, 0.05) is 0 Å². The smallest absolute Gasteiger partial charge is 0.394 e. The molecular weight excluding hydrogens is 315 g/mol. The number of nitrogens with one attached hydrogen (secondary N) is 1. The second-order valence-electron chi connectivity index (χ2n) is 6.29. The van der Waals surface area contributed by atoms with E-state index in [0.29, 0.717) is 12.1 Å².